The summed E-state index contributed by atoms with van der Waals surface area (Å²) in [6, 6.07) is 4.94. The zero-order chi connectivity index (χ0) is 15.5. The Labute approximate surface area is 130 Å². The van der Waals surface area contributed by atoms with E-state index in [0.717, 1.165) is 35.6 Å². The largest absolute Gasteiger partial charge is 0.389 e. The summed E-state index contributed by atoms with van der Waals surface area (Å²) in [5, 5.41) is 14.0. The molecule has 1 aromatic carbocycles. The van der Waals surface area contributed by atoms with E-state index in [1.165, 1.54) is 6.07 Å². The van der Waals surface area contributed by atoms with Crippen LogP contribution in [-0.2, 0) is 0 Å². The monoisotopic (exact) mass is 312 g/mol. The van der Waals surface area contributed by atoms with Gasteiger partial charge in [0.1, 0.15) is 5.82 Å². The number of nitrogens with zero attached hydrogens (tertiary/aromatic N) is 1. The molecule has 1 atom stereocenters. The van der Waals surface area contributed by atoms with Gasteiger partial charge in [0, 0.05) is 32.4 Å². The molecule has 0 radical (unpaired) electrons. The molecule has 1 aromatic rings. The Balaban J connectivity index is 2.04. The third kappa shape index (κ3) is 4.34. The summed E-state index contributed by atoms with van der Waals surface area (Å²) in [7, 11) is 3.83. The molecule has 3 nitrogen and oxygen atoms in total. The molecule has 1 aliphatic heterocycles. The Morgan fingerprint density at radius 3 is 2.67 bits per heavy atom. The number of thioether (sulfide) groups is 1. The first-order chi connectivity index (χ1) is 9.91. The van der Waals surface area contributed by atoms with E-state index < -0.39 is 5.60 Å². The van der Waals surface area contributed by atoms with Crippen LogP contribution in [0.2, 0.25) is 0 Å². The van der Waals surface area contributed by atoms with E-state index in [1.807, 2.05) is 36.8 Å². The zero-order valence-corrected chi connectivity index (χ0v) is 13.8. The van der Waals surface area contributed by atoms with Gasteiger partial charge in [-0.25, -0.2) is 4.39 Å². The second kappa shape index (κ2) is 6.99. The van der Waals surface area contributed by atoms with Crippen molar-refractivity contribution in [3.8, 4) is 0 Å². The van der Waals surface area contributed by atoms with Crippen LogP contribution in [0.1, 0.15) is 31.4 Å². The van der Waals surface area contributed by atoms with E-state index in [0.29, 0.717) is 6.54 Å². The van der Waals surface area contributed by atoms with Crippen molar-refractivity contribution in [2.45, 2.75) is 31.4 Å². The summed E-state index contributed by atoms with van der Waals surface area (Å²) < 4.78 is 13.4. The molecule has 2 rings (SSSR count). The van der Waals surface area contributed by atoms with Crippen molar-refractivity contribution in [1.29, 1.82) is 0 Å². The highest BCUT2D eigenvalue weighted by atomic mass is 32.2. The fourth-order valence-corrected chi connectivity index (χ4v) is 3.90. The standard InChI is InChI=1S/C16H25FN2OS/c1-12(18-11-16(20)6-8-21-9-7-16)14-5-4-13(17)10-15(14)19(2)3/h4-5,10,12,18,20H,6-9,11H2,1-3H3. The van der Waals surface area contributed by atoms with Gasteiger partial charge in [0.05, 0.1) is 5.60 Å². The maximum atomic E-state index is 13.4. The Morgan fingerprint density at radius 2 is 2.05 bits per heavy atom. The van der Waals surface area contributed by atoms with Crippen LogP contribution in [0.3, 0.4) is 0 Å². The van der Waals surface area contributed by atoms with Gasteiger partial charge < -0.3 is 15.3 Å². The van der Waals surface area contributed by atoms with Crippen molar-refractivity contribution >= 4 is 17.4 Å². The average Bonchev–Trinajstić information content (AvgIpc) is 2.45. The number of anilines is 1. The zero-order valence-electron chi connectivity index (χ0n) is 13.0. The fourth-order valence-electron chi connectivity index (χ4n) is 2.65. The Bertz CT molecular complexity index is 475. The topological polar surface area (TPSA) is 35.5 Å². The van der Waals surface area contributed by atoms with E-state index in [2.05, 4.69) is 12.2 Å². The summed E-state index contributed by atoms with van der Waals surface area (Å²) in [6.45, 7) is 2.64. The van der Waals surface area contributed by atoms with Gasteiger partial charge in [-0.1, -0.05) is 6.07 Å². The molecule has 0 aliphatic carbocycles. The van der Waals surface area contributed by atoms with Crippen molar-refractivity contribution < 1.29 is 9.50 Å². The molecule has 21 heavy (non-hydrogen) atoms. The lowest BCUT2D eigenvalue weighted by atomic mass is 9.95. The van der Waals surface area contributed by atoms with E-state index in [1.54, 1.807) is 6.07 Å². The average molecular weight is 312 g/mol. The lowest BCUT2D eigenvalue weighted by Gasteiger charge is -2.33. The number of hydrogen-bond acceptors (Lipinski definition) is 4. The maximum Gasteiger partial charge on any atom is 0.125 e. The van der Waals surface area contributed by atoms with Crippen LogP contribution in [0.5, 0.6) is 0 Å². The molecular weight excluding hydrogens is 287 g/mol. The summed E-state index contributed by atoms with van der Waals surface area (Å²) in [5.41, 5.74) is 1.33. The summed E-state index contributed by atoms with van der Waals surface area (Å²) >= 11 is 1.90. The number of nitrogens with one attached hydrogen (secondary N) is 1. The van der Waals surface area contributed by atoms with Crippen molar-refractivity contribution in [2.24, 2.45) is 0 Å². The molecule has 1 unspecified atom stereocenters. The normalized spacial score (nSPS) is 19.3. The van der Waals surface area contributed by atoms with Crippen molar-refractivity contribution in [1.82, 2.24) is 5.32 Å². The van der Waals surface area contributed by atoms with Crippen LogP contribution in [0.4, 0.5) is 10.1 Å². The number of aliphatic hydroxyl groups is 1. The molecule has 0 bridgehead atoms. The molecule has 1 heterocycles. The van der Waals surface area contributed by atoms with Crippen LogP contribution in [-0.4, -0.2) is 42.9 Å². The Hall–Kier alpha value is -0.780. The fraction of sp³-hybridized carbons (Fsp3) is 0.625. The smallest absolute Gasteiger partial charge is 0.125 e. The minimum absolute atomic E-state index is 0.0709. The molecule has 0 amide bonds. The van der Waals surface area contributed by atoms with Gasteiger partial charge in [0.15, 0.2) is 0 Å². The first-order valence-electron chi connectivity index (χ1n) is 7.41. The Kier molecular flexibility index (Phi) is 5.52. The molecule has 0 spiro atoms. The quantitative estimate of drug-likeness (QED) is 0.876. The molecule has 0 aromatic heterocycles. The van der Waals surface area contributed by atoms with Crippen LogP contribution in [0, 0.1) is 5.82 Å². The van der Waals surface area contributed by atoms with Gasteiger partial charge in [-0.3, -0.25) is 0 Å². The molecule has 118 valence electrons. The first-order valence-corrected chi connectivity index (χ1v) is 8.57. The summed E-state index contributed by atoms with van der Waals surface area (Å²) in [6.07, 6.45) is 1.67. The predicted molar refractivity (Wildman–Crippen MR) is 88.7 cm³/mol. The summed E-state index contributed by atoms with van der Waals surface area (Å²) in [5.74, 6) is 1.82. The van der Waals surface area contributed by atoms with Crippen LogP contribution >= 0.6 is 11.8 Å². The number of hydrogen-bond donors (Lipinski definition) is 2. The summed E-state index contributed by atoms with van der Waals surface area (Å²) in [4.78, 5) is 1.92. The number of halogens is 1. The molecule has 0 saturated carbocycles. The van der Waals surface area contributed by atoms with Gasteiger partial charge in [0.2, 0.25) is 0 Å². The highest BCUT2D eigenvalue weighted by Gasteiger charge is 2.29. The second-order valence-corrected chi connectivity index (χ2v) is 7.26. The van der Waals surface area contributed by atoms with Crippen molar-refractivity contribution in [3.05, 3.63) is 29.6 Å². The van der Waals surface area contributed by atoms with Crippen molar-refractivity contribution in [2.75, 3.05) is 37.0 Å². The molecule has 2 N–H and O–H groups in total. The van der Waals surface area contributed by atoms with Crippen LogP contribution in [0.25, 0.3) is 0 Å². The third-order valence-electron chi connectivity index (χ3n) is 4.10. The SMILES string of the molecule is CC(NCC1(O)CCSCC1)c1ccc(F)cc1N(C)C. The highest BCUT2D eigenvalue weighted by molar-refractivity contribution is 7.99. The van der Waals surface area contributed by atoms with Crippen molar-refractivity contribution in [3.63, 3.8) is 0 Å². The van der Waals surface area contributed by atoms with Gasteiger partial charge in [-0.15, -0.1) is 0 Å². The van der Waals surface area contributed by atoms with Crippen LogP contribution in [0.15, 0.2) is 18.2 Å². The highest BCUT2D eigenvalue weighted by Crippen LogP contribution is 2.29. The lowest BCUT2D eigenvalue weighted by Crippen LogP contribution is -2.44. The number of benzene rings is 1. The van der Waals surface area contributed by atoms with Gasteiger partial charge in [0.25, 0.3) is 0 Å². The van der Waals surface area contributed by atoms with Gasteiger partial charge in [-0.05, 0) is 49.0 Å². The minimum Gasteiger partial charge on any atom is -0.389 e. The van der Waals surface area contributed by atoms with E-state index in [9.17, 15) is 9.50 Å². The lowest BCUT2D eigenvalue weighted by molar-refractivity contribution is 0.0300. The molecule has 1 fully saturated rings. The second-order valence-electron chi connectivity index (χ2n) is 6.04. The van der Waals surface area contributed by atoms with E-state index in [-0.39, 0.29) is 11.9 Å². The van der Waals surface area contributed by atoms with Gasteiger partial charge in [-0.2, -0.15) is 11.8 Å². The Morgan fingerprint density at radius 1 is 1.38 bits per heavy atom. The van der Waals surface area contributed by atoms with E-state index >= 15 is 0 Å². The maximum absolute atomic E-state index is 13.4. The molecule has 1 aliphatic rings. The molecular formula is C16H25FN2OS. The minimum atomic E-state index is -0.599. The molecule has 5 heteroatoms. The predicted octanol–water partition coefficient (Wildman–Crippen LogP) is 2.80. The van der Waals surface area contributed by atoms with Crippen LogP contribution < -0.4 is 10.2 Å². The van der Waals surface area contributed by atoms with Gasteiger partial charge >= 0.3 is 0 Å². The van der Waals surface area contributed by atoms with E-state index in [4.69, 9.17) is 0 Å². The third-order valence-corrected chi connectivity index (χ3v) is 5.09. The number of rotatable bonds is 5. The first kappa shape index (κ1) is 16.6. The molecule has 1 saturated heterocycles.